The number of benzene rings is 2. The SMILES string of the molecule is Cl.Cl.N=C(N)CCc1ccc(OCCCCCCOc2ccc(CCC(=N)N)cc2)cc1. The molecule has 6 N–H and O–H groups in total. The summed E-state index contributed by atoms with van der Waals surface area (Å²) in [4.78, 5) is 0. The third-order valence-electron chi connectivity index (χ3n) is 4.79. The maximum Gasteiger partial charge on any atom is 0.119 e. The molecule has 0 bridgehead atoms. The van der Waals surface area contributed by atoms with E-state index in [1.165, 1.54) is 11.1 Å². The number of amidine groups is 2. The van der Waals surface area contributed by atoms with Crippen molar-refractivity contribution >= 4 is 36.5 Å². The predicted molar refractivity (Wildman–Crippen MR) is 137 cm³/mol. The molecule has 0 aliphatic heterocycles. The van der Waals surface area contributed by atoms with Crippen molar-refractivity contribution < 1.29 is 9.47 Å². The monoisotopic (exact) mass is 482 g/mol. The minimum Gasteiger partial charge on any atom is -0.494 e. The van der Waals surface area contributed by atoms with Gasteiger partial charge in [-0.05, 0) is 73.9 Å². The molecule has 0 spiro atoms. The fraction of sp³-hybridized carbons (Fsp3) is 0.417. The summed E-state index contributed by atoms with van der Waals surface area (Å²) in [6.07, 6.45) is 7.05. The van der Waals surface area contributed by atoms with E-state index < -0.39 is 0 Å². The molecule has 0 fully saturated rings. The lowest BCUT2D eigenvalue weighted by atomic mass is 10.1. The molecule has 6 nitrogen and oxygen atoms in total. The Kier molecular flexibility index (Phi) is 15.8. The van der Waals surface area contributed by atoms with E-state index in [1.54, 1.807) is 0 Å². The summed E-state index contributed by atoms with van der Waals surface area (Å²) in [6, 6.07) is 16.1. The Balaban J connectivity index is 0.00000480. The zero-order valence-corrected chi connectivity index (χ0v) is 20.1. The Hall–Kier alpha value is -2.44. The maximum absolute atomic E-state index is 7.27. The van der Waals surface area contributed by atoms with Crippen LogP contribution in [-0.2, 0) is 12.8 Å². The van der Waals surface area contributed by atoms with E-state index in [0.29, 0.717) is 12.8 Å². The van der Waals surface area contributed by atoms with E-state index in [0.717, 1.165) is 63.2 Å². The smallest absolute Gasteiger partial charge is 0.119 e. The van der Waals surface area contributed by atoms with Crippen molar-refractivity contribution in [1.29, 1.82) is 10.8 Å². The zero-order chi connectivity index (χ0) is 21.6. The molecule has 32 heavy (non-hydrogen) atoms. The van der Waals surface area contributed by atoms with Crippen LogP contribution in [0.3, 0.4) is 0 Å². The van der Waals surface area contributed by atoms with Gasteiger partial charge in [0, 0.05) is 12.8 Å². The summed E-state index contributed by atoms with van der Waals surface area (Å²) in [5.74, 6) is 2.22. The molecule has 178 valence electrons. The van der Waals surface area contributed by atoms with Crippen LogP contribution < -0.4 is 20.9 Å². The molecule has 0 saturated heterocycles. The fourth-order valence-corrected chi connectivity index (χ4v) is 3.00. The minimum absolute atomic E-state index is 0. The molecule has 0 saturated carbocycles. The van der Waals surface area contributed by atoms with Crippen molar-refractivity contribution in [2.75, 3.05) is 13.2 Å². The van der Waals surface area contributed by atoms with Gasteiger partial charge in [0.05, 0.1) is 24.9 Å². The van der Waals surface area contributed by atoms with Gasteiger partial charge in [-0.1, -0.05) is 24.3 Å². The largest absolute Gasteiger partial charge is 0.494 e. The fourth-order valence-electron chi connectivity index (χ4n) is 3.00. The van der Waals surface area contributed by atoms with Crippen molar-refractivity contribution in [3.8, 4) is 11.5 Å². The number of aryl methyl sites for hydroxylation is 2. The van der Waals surface area contributed by atoms with Crippen LogP contribution >= 0.6 is 24.8 Å². The lowest BCUT2D eigenvalue weighted by Crippen LogP contribution is -2.10. The van der Waals surface area contributed by atoms with E-state index in [2.05, 4.69) is 0 Å². The highest BCUT2D eigenvalue weighted by atomic mass is 35.5. The number of hydrogen-bond acceptors (Lipinski definition) is 4. The second kappa shape index (κ2) is 17.2. The third-order valence-corrected chi connectivity index (χ3v) is 4.79. The third kappa shape index (κ3) is 13.1. The molecule has 2 rings (SSSR count). The van der Waals surface area contributed by atoms with Crippen molar-refractivity contribution in [3.63, 3.8) is 0 Å². The lowest BCUT2D eigenvalue weighted by Gasteiger charge is -2.08. The number of hydrogen-bond donors (Lipinski definition) is 4. The molecule has 8 heteroatoms. The first-order valence-electron chi connectivity index (χ1n) is 10.6. The van der Waals surface area contributed by atoms with Crippen LogP contribution in [0.5, 0.6) is 11.5 Å². The van der Waals surface area contributed by atoms with E-state index in [4.69, 9.17) is 31.8 Å². The minimum atomic E-state index is 0. The molecule has 0 atom stereocenters. The first-order chi connectivity index (χ1) is 14.5. The van der Waals surface area contributed by atoms with Gasteiger partial charge in [-0.3, -0.25) is 10.8 Å². The summed E-state index contributed by atoms with van der Waals surface area (Å²) in [7, 11) is 0. The van der Waals surface area contributed by atoms with Gasteiger partial charge in [0.25, 0.3) is 0 Å². The van der Waals surface area contributed by atoms with Crippen LogP contribution in [0.25, 0.3) is 0 Å². The summed E-state index contributed by atoms with van der Waals surface area (Å²) in [5, 5.41) is 14.5. The van der Waals surface area contributed by atoms with Crippen LogP contribution in [-0.4, -0.2) is 24.9 Å². The summed E-state index contributed by atoms with van der Waals surface area (Å²) in [6.45, 7) is 1.44. The molecule has 0 amide bonds. The van der Waals surface area contributed by atoms with Gasteiger partial charge >= 0.3 is 0 Å². The highest BCUT2D eigenvalue weighted by molar-refractivity contribution is 5.85. The van der Waals surface area contributed by atoms with Crippen molar-refractivity contribution in [2.45, 2.75) is 51.4 Å². The topological polar surface area (TPSA) is 118 Å². The number of unbranched alkanes of at least 4 members (excludes halogenated alkanes) is 3. The van der Waals surface area contributed by atoms with Crippen LogP contribution in [0.15, 0.2) is 48.5 Å². The van der Waals surface area contributed by atoms with Crippen molar-refractivity contribution in [2.24, 2.45) is 11.5 Å². The van der Waals surface area contributed by atoms with Gasteiger partial charge in [0.2, 0.25) is 0 Å². The van der Waals surface area contributed by atoms with Crippen LogP contribution in [0.2, 0.25) is 0 Å². The Morgan fingerprint density at radius 3 is 1.25 bits per heavy atom. The standard InChI is InChI=1S/C24H34N4O2.2ClH/c25-23(26)15-9-19-5-11-21(12-6-19)29-17-3-1-2-4-18-30-22-13-7-20(8-14-22)10-16-24(27)28;;/h5-8,11-14H,1-4,9-10,15-18H2,(H3,25,26)(H3,27,28);2*1H. The van der Waals surface area contributed by atoms with E-state index in [-0.39, 0.29) is 36.5 Å². The molecular formula is C24H36Cl2N4O2. The first kappa shape index (κ1) is 29.6. The Morgan fingerprint density at radius 1 is 0.594 bits per heavy atom. The van der Waals surface area contributed by atoms with E-state index in [9.17, 15) is 0 Å². The Morgan fingerprint density at radius 2 is 0.938 bits per heavy atom. The average molecular weight is 483 g/mol. The molecular weight excluding hydrogens is 447 g/mol. The summed E-state index contributed by atoms with van der Waals surface area (Å²) in [5.41, 5.74) is 13.1. The molecule has 0 aromatic heterocycles. The highest BCUT2D eigenvalue weighted by Crippen LogP contribution is 2.15. The van der Waals surface area contributed by atoms with Gasteiger partial charge in [-0.15, -0.1) is 24.8 Å². The quantitative estimate of drug-likeness (QED) is 0.156. The van der Waals surface area contributed by atoms with Crippen LogP contribution in [0, 0.1) is 10.8 Å². The Bertz CT molecular complexity index is 716. The first-order valence-corrected chi connectivity index (χ1v) is 10.6. The number of nitrogens with one attached hydrogen (secondary N) is 2. The summed E-state index contributed by atoms with van der Waals surface area (Å²) >= 11 is 0. The second-order valence-corrected chi connectivity index (χ2v) is 7.45. The van der Waals surface area contributed by atoms with Gasteiger partial charge in [-0.2, -0.15) is 0 Å². The second-order valence-electron chi connectivity index (χ2n) is 7.45. The maximum atomic E-state index is 7.27. The number of ether oxygens (including phenoxy) is 2. The van der Waals surface area contributed by atoms with Gasteiger partial charge < -0.3 is 20.9 Å². The molecule has 0 heterocycles. The predicted octanol–water partition coefficient (Wildman–Crippen LogP) is 5.29. The normalized spacial score (nSPS) is 9.88. The number of halogens is 2. The molecule has 0 aliphatic carbocycles. The molecule has 2 aromatic carbocycles. The molecule has 2 aromatic rings. The van der Waals surface area contributed by atoms with Crippen LogP contribution in [0.4, 0.5) is 0 Å². The highest BCUT2D eigenvalue weighted by Gasteiger charge is 2.00. The zero-order valence-electron chi connectivity index (χ0n) is 18.5. The molecule has 0 radical (unpaired) electrons. The van der Waals surface area contributed by atoms with E-state index >= 15 is 0 Å². The van der Waals surface area contributed by atoms with Gasteiger partial charge in [-0.25, -0.2) is 0 Å². The Labute approximate surface area is 203 Å². The van der Waals surface area contributed by atoms with E-state index in [1.807, 2.05) is 48.5 Å². The van der Waals surface area contributed by atoms with Gasteiger partial charge in [0.15, 0.2) is 0 Å². The van der Waals surface area contributed by atoms with Crippen LogP contribution in [0.1, 0.15) is 49.7 Å². The van der Waals surface area contributed by atoms with Crippen molar-refractivity contribution in [3.05, 3.63) is 59.7 Å². The number of rotatable bonds is 15. The molecule has 0 aliphatic rings. The number of nitrogens with two attached hydrogens (primary N) is 2. The summed E-state index contributed by atoms with van der Waals surface area (Å²) < 4.78 is 11.6. The van der Waals surface area contributed by atoms with Crippen molar-refractivity contribution in [1.82, 2.24) is 0 Å². The lowest BCUT2D eigenvalue weighted by molar-refractivity contribution is 0.287. The average Bonchev–Trinajstić information content (AvgIpc) is 2.74. The van der Waals surface area contributed by atoms with Gasteiger partial charge in [0.1, 0.15) is 11.5 Å². The molecule has 0 unspecified atom stereocenters.